The molecule has 2 heterocycles. The van der Waals surface area contributed by atoms with Crippen LogP contribution in [0.2, 0.25) is 0 Å². The molecule has 2 aliphatic heterocycles. The molecule has 10 nitrogen and oxygen atoms in total. The van der Waals surface area contributed by atoms with Crippen LogP contribution in [-0.4, -0.2) is 64.2 Å². The van der Waals surface area contributed by atoms with E-state index in [1.807, 2.05) is 0 Å². The lowest BCUT2D eigenvalue weighted by Gasteiger charge is -2.34. The number of carbonyl (C=O) groups is 4. The highest BCUT2D eigenvalue weighted by molar-refractivity contribution is 6.25. The number of ether oxygens (including phenoxy) is 1. The Morgan fingerprint density at radius 3 is 2.63 bits per heavy atom. The summed E-state index contributed by atoms with van der Waals surface area (Å²) in [5.41, 5.74) is -0.918. The van der Waals surface area contributed by atoms with Gasteiger partial charge in [-0.15, -0.1) is 0 Å². The van der Waals surface area contributed by atoms with Crippen LogP contribution in [0.1, 0.15) is 40.5 Å². The number of rotatable bonds is 6. The number of benzene rings is 1. The van der Waals surface area contributed by atoms with Crippen molar-refractivity contribution in [2.75, 3.05) is 19.8 Å². The second-order valence-corrected chi connectivity index (χ2v) is 6.07. The maximum absolute atomic E-state index is 12.7. The highest BCUT2D eigenvalue weighted by Crippen LogP contribution is 2.34. The minimum absolute atomic E-state index is 0.0118. The van der Waals surface area contributed by atoms with Gasteiger partial charge in [-0.3, -0.25) is 39.1 Å². The number of fused-ring (bicyclic) bond motifs is 1. The summed E-state index contributed by atoms with van der Waals surface area (Å²) in [6, 6.07) is 2.59. The second-order valence-electron chi connectivity index (χ2n) is 6.07. The molecule has 0 radical (unpaired) electrons. The maximum Gasteiger partial charge on any atom is 0.282 e. The summed E-state index contributed by atoms with van der Waals surface area (Å²) in [5.74, 6) is -2.74. The third-order valence-corrected chi connectivity index (χ3v) is 4.58. The Hall–Kier alpha value is -3.14. The first-order chi connectivity index (χ1) is 12.9. The van der Waals surface area contributed by atoms with Crippen molar-refractivity contribution in [3.63, 3.8) is 0 Å². The first-order valence-corrected chi connectivity index (χ1v) is 8.45. The van der Waals surface area contributed by atoms with Crippen LogP contribution in [0, 0.1) is 10.1 Å². The quantitative estimate of drug-likeness (QED) is 0.310. The lowest BCUT2D eigenvalue weighted by Crippen LogP contribution is -2.56. The molecule has 0 saturated carbocycles. The summed E-state index contributed by atoms with van der Waals surface area (Å²) in [7, 11) is 0. The highest BCUT2D eigenvalue weighted by atomic mass is 16.6. The molecular weight excluding hydrogens is 358 g/mol. The van der Waals surface area contributed by atoms with Crippen LogP contribution in [0.3, 0.4) is 0 Å². The molecule has 1 unspecified atom stereocenters. The first kappa shape index (κ1) is 18.6. The van der Waals surface area contributed by atoms with Crippen LogP contribution < -0.4 is 0 Å². The van der Waals surface area contributed by atoms with Crippen LogP contribution in [0.15, 0.2) is 18.2 Å². The molecule has 1 aromatic carbocycles. The summed E-state index contributed by atoms with van der Waals surface area (Å²) in [6.45, 7) is 2.36. The molecule has 0 aromatic heterocycles. The number of piperidine rings is 1. The topological polar surface area (TPSA) is 127 Å². The normalized spacial score (nSPS) is 19.7. The molecule has 0 bridgehead atoms. The lowest BCUT2D eigenvalue weighted by atomic mass is 10.0. The third kappa shape index (κ3) is 3.08. The molecule has 1 aromatic rings. The first-order valence-electron chi connectivity index (χ1n) is 8.45. The lowest BCUT2D eigenvalue weighted by molar-refractivity contribution is -0.385. The molecule has 0 N–H and O–H groups in total. The van der Waals surface area contributed by atoms with Gasteiger partial charge in [0.05, 0.1) is 23.6 Å². The fourth-order valence-corrected chi connectivity index (χ4v) is 3.32. The van der Waals surface area contributed by atoms with Crippen LogP contribution in [0.5, 0.6) is 0 Å². The fraction of sp³-hybridized carbons (Fsp3) is 0.412. The number of nitro benzene ring substituents is 1. The van der Waals surface area contributed by atoms with E-state index >= 15 is 0 Å². The average molecular weight is 375 g/mol. The molecular formula is C17H17N3O7. The van der Waals surface area contributed by atoms with Crippen LogP contribution in [0.25, 0.3) is 0 Å². The van der Waals surface area contributed by atoms with Crippen LogP contribution in [0.4, 0.5) is 5.69 Å². The Bertz CT molecular complexity index is 851. The van der Waals surface area contributed by atoms with Gasteiger partial charge in [-0.25, -0.2) is 0 Å². The molecule has 0 aliphatic carbocycles. The number of hydrogen-bond donors (Lipinski definition) is 0. The summed E-state index contributed by atoms with van der Waals surface area (Å²) < 4.78 is 5.16. The zero-order valence-corrected chi connectivity index (χ0v) is 14.5. The van der Waals surface area contributed by atoms with Gasteiger partial charge in [0.2, 0.25) is 5.91 Å². The molecule has 1 fully saturated rings. The monoisotopic (exact) mass is 375 g/mol. The number of nitro groups is 1. The molecule has 1 atom stereocenters. The SMILES string of the molecule is CCOCCN1C(=O)CCC(N2C(=O)c3cccc([N+](=O)[O-])c3C2=O)C1=O. The summed E-state index contributed by atoms with van der Waals surface area (Å²) >= 11 is 0. The van der Waals surface area contributed by atoms with Crippen molar-refractivity contribution in [3.05, 3.63) is 39.4 Å². The van der Waals surface area contributed by atoms with Gasteiger partial charge in [0.15, 0.2) is 0 Å². The van der Waals surface area contributed by atoms with Crippen molar-refractivity contribution in [3.8, 4) is 0 Å². The molecule has 10 heteroatoms. The number of nitrogens with zero attached hydrogens (tertiary/aromatic N) is 3. The van der Waals surface area contributed by atoms with E-state index in [0.717, 1.165) is 15.9 Å². The molecule has 3 rings (SSSR count). The van der Waals surface area contributed by atoms with Crippen molar-refractivity contribution in [2.24, 2.45) is 0 Å². The fourth-order valence-electron chi connectivity index (χ4n) is 3.32. The molecule has 0 spiro atoms. The molecule has 4 amide bonds. The van der Waals surface area contributed by atoms with Crippen LogP contribution in [-0.2, 0) is 14.3 Å². The van der Waals surface area contributed by atoms with E-state index in [-0.39, 0.29) is 37.1 Å². The molecule has 2 aliphatic rings. The van der Waals surface area contributed by atoms with Crippen molar-refractivity contribution in [1.29, 1.82) is 0 Å². The zero-order valence-electron chi connectivity index (χ0n) is 14.5. The Morgan fingerprint density at radius 1 is 1.22 bits per heavy atom. The smallest absolute Gasteiger partial charge is 0.282 e. The van der Waals surface area contributed by atoms with Gasteiger partial charge in [-0.2, -0.15) is 0 Å². The predicted molar refractivity (Wildman–Crippen MR) is 89.8 cm³/mol. The second kappa shape index (κ2) is 7.23. The number of amides is 4. The van der Waals surface area contributed by atoms with E-state index in [1.54, 1.807) is 6.92 Å². The Kier molecular flexibility index (Phi) is 5.00. The molecule has 27 heavy (non-hydrogen) atoms. The van der Waals surface area contributed by atoms with Gasteiger partial charge in [0, 0.05) is 19.1 Å². The predicted octanol–water partition coefficient (Wildman–Crippen LogP) is 0.745. The van der Waals surface area contributed by atoms with Gasteiger partial charge in [0.1, 0.15) is 11.6 Å². The largest absolute Gasteiger partial charge is 0.380 e. The van der Waals surface area contributed by atoms with Gasteiger partial charge in [-0.1, -0.05) is 6.07 Å². The van der Waals surface area contributed by atoms with Crippen molar-refractivity contribution >= 4 is 29.3 Å². The Labute approximate surface area is 153 Å². The molecule has 142 valence electrons. The maximum atomic E-state index is 12.7. The van der Waals surface area contributed by atoms with E-state index < -0.39 is 40.3 Å². The highest BCUT2D eigenvalue weighted by Gasteiger charge is 2.49. The van der Waals surface area contributed by atoms with Gasteiger partial charge in [-0.05, 0) is 19.4 Å². The van der Waals surface area contributed by atoms with E-state index in [2.05, 4.69) is 0 Å². The third-order valence-electron chi connectivity index (χ3n) is 4.58. The Morgan fingerprint density at radius 2 is 1.96 bits per heavy atom. The standard InChI is InChI=1S/C17H17N3O7/c1-2-27-9-8-18-13(21)7-6-12(16(18)23)19-15(22)10-4-3-5-11(20(25)26)14(10)17(19)24/h3-5,12H,2,6-9H2,1H3. The van der Waals surface area contributed by atoms with Crippen LogP contribution >= 0.6 is 0 Å². The minimum Gasteiger partial charge on any atom is -0.380 e. The number of hydrogen-bond acceptors (Lipinski definition) is 7. The Balaban J connectivity index is 1.90. The van der Waals surface area contributed by atoms with E-state index in [9.17, 15) is 29.3 Å². The average Bonchev–Trinajstić information content (AvgIpc) is 2.89. The van der Waals surface area contributed by atoms with Crippen molar-refractivity contribution < 1.29 is 28.8 Å². The zero-order chi connectivity index (χ0) is 19.7. The summed E-state index contributed by atoms with van der Waals surface area (Å²) in [5, 5.41) is 11.2. The van der Waals surface area contributed by atoms with E-state index in [0.29, 0.717) is 6.61 Å². The van der Waals surface area contributed by atoms with E-state index in [1.165, 1.54) is 12.1 Å². The van der Waals surface area contributed by atoms with Crippen molar-refractivity contribution in [2.45, 2.75) is 25.8 Å². The summed E-state index contributed by atoms with van der Waals surface area (Å²) in [4.78, 5) is 62.4. The van der Waals surface area contributed by atoms with Gasteiger partial charge >= 0.3 is 0 Å². The van der Waals surface area contributed by atoms with E-state index in [4.69, 9.17) is 4.74 Å². The number of carbonyl (C=O) groups excluding carboxylic acids is 4. The minimum atomic E-state index is -1.17. The summed E-state index contributed by atoms with van der Waals surface area (Å²) in [6.07, 6.45) is -0.0277. The number of likely N-dealkylation sites (tertiary alicyclic amines) is 1. The number of imide groups is 2. The molecule has 1 saturated heterocycles. The van der Waals surface area contributed by atoms with Gasteiger partial charge in [0.25, 0.3) is 23.4 Å². The van der Waals surface area contributed by atoms with Gasteiger partial charge < -0.3 is 4.74 Å². The van der Waals surface area contributed by atoms with Crippen molar-refractivity contribution in [1.82, 2.24) is 9.80 Å².